The van der Waals surface area contributed by atoms with Crippen molar-refractivity contribution in [2.24, 2.45) is 5.41 Å². The molecule has 0 amide bonds. The molecule has 1 fully saturated rings. The molecule has 1 aromatic rings. The first kappa shape index (κ1) is 13.1. The molecule has 2 rings (SSSR count). The molecule has 1 aromatic heterocycles. The summed E-state index contributed by atoms with van der Waals surface area (Å²) < 4.78 is 0. The molecule has 17 heavy (non-hydrogen) atoms. The summed E-state index contributed by atoms with van der Waals surface area (Å²) >= 11 is 11.9. The minimum atomic E-state index is 0.407. The fraction of sp³-hybridized carbons (Fsp3) is 0.615. The van der Waals surface area contributed by atoms with Crippen LogP contribution in [0, 0.1) is 5.41 Å². The van der Waals surface area contributed by atoms with E-state index in [0.29, 0.717) is 15.7 Å². The van der Waals surface area contributed by atoms with Gasteiger partial charge in [0.15, 0.2) is 0 Å². The fourth-order valence-electron chi connectivity index (χ4n) is 2.48. The van der Waals surface area contributed by atoms with Gasteiger partial charge in [0.1, 0.15) is 10.3 Å². The van der Waals surface area contributed by atoms with Crippen molar-refractivity contribution in [1.29, 1.82) is 0 Å². The van der Waals surface area contributed by atoms with Crippen LogP contribution in [0.1, 0.15) is 32.3 Å². The van der Waals surface area contributed by atoms with Gasteiger partial charge in [-0.1, -0.05) is 43.1 Å². The zero-order valence-corrected chi connectivity index (χ0v) is 11.9. The van der Waals surface area contributed by atoms with Crippen LogP contribution in [-0.4, -0.2) is 23.0 Å². The van der Waals surface area contributed by atoms with Crippen LogP contribution in [-0.2, 0) is 6.54 Å². The first-order chi connectivity index (χ1) is 7.96. The average Bonchev–Trinajstić information content (AvgIpc) is 2.21. The van der Waals surface area contributed by atoms with Crippen molar-refractivity contribution in [1.82, 2.24) is 9.88 Å². The molecular formula is C13H18Cl2N2. The molecule has 1 saturated heterocycles. The quantitative estimate of drug-likeness (QED) is 0.757. The molecule has 0 aliphatic carbocycles. The van der Waals surface area contributed by atoms with Gasteiger partial charge in [-0.2, -0.15) is 0 Å². The minimum absolute atomic E-state index is 0.407. The summed E-state index contributed by atoms with van der Waals surface area (Å²) in [7, 11) is 0. The summed E-state index contributed by atoms with van der Waals surface area (Å²) in [5.41, 5.74) is 1.47. The number of piperidine rings is 1. The summed E-state index contributed by atoms with van der Waals surface area (Å²) in [5.74, 6) is 0. The van der Waals surface area contributed by atoms with Gasteiger partial charge in [-0.25, -0.2) is 4.98 Å². The monoisotopic (exact) mass is 272 g/mol. The molecule has 0 unspecified atom stereocenters. The molecule has 2 nitrogen and oxygen atoms in total. The largest absolute Gasteiger partial charge is 0.298 e. The van der Waals surface area contributed by atoms with Crippen LogP contribution in [0.5, 0.6) is 0 Å². The zero-order chi connectivity index (χ0) is 12.5. The smallest absolute Gasteiger partial charge is 0.135 e. The van der Waals surface area contributed by atoms with Gasteiger partial charge < -0.3 is 0 Å². The summed E-state index contributed by atoms with van der Waals surface area (Å²) in [6, 6.07) is 3.77. The van der Waals surface area contributed by atoms with E-state index in [0.717, 1.165) is 25.2 Å². The Hall–Kier alpha value is -0.310. The second kappa shape index (κ2) is 5.13. The SMILES string of the molecule is CC1(C)CCCN(Cc2ccc(Cl)nc2Cl)C1. The van der Waals surface area contributed by atoms with E-state index >= 15 is 0 Å². The highest BCUT2D eigenvalue weighted by atomic mass is 35.5. The Balaban J connectivity index is 2.05. The van der Waals surface area contributed by atoms with Gasteiger partial charge in [-0.15, -0.1) is 0 Å². The number of aromatic nitrogens is 1. The lowest BCUT2D eigenvalue weighted by molar-refractivity contribution is 0.111. The van der Waals surface area contributed by atoms with Crippen molar-refractivity contribution in [2.75, 3.05) is 13.1 Å². The Morgan fingerprint density at radius 3 is 2.76 bits per heavy atom. The molecule has 2 heterocycles. The maximum absolute atomic E-state index is 6.10. The van der Waals surface area contributed by atoms with Crippen LogP contribution in [0.4, 0.5) is 0 Å². The van der Waals surface area contributed by atoms with Crippen LogP contribution >= 0.6 is 23.2 Å². The van der Waals surface area contributed by atoms with Gasteiger partial charge in [-0.05, 0) is 30.9 Å². The Labute approximate surface area is 113 Å². The highest BCUT2D eigenvalue weighted by molar-refractivity contribution is 6.32. The number of pyridine rings is 1. The van der Waals surface area contributed by atoms with E-state index in [-0.39, 0.29) is 0 Å². The van der Waals surface area contributed by atoms with E-state index in [1.807, 2.05) is 6.07 Å². The molecule has 0 saturated carbocycles. The second-order valence-electron chi connectivity index (χ2n) is 5.56. The number of likely N-dealkylation sites (tertiary alicyclic amines) is 1. The van der Waals surface area contributed by atoms with Crippen LogP contribution in [0.25, 0.3) is 0 Å². The summed E-state index contributed by atoms with van der Waals surface area (Å²) in [5, 5.41) is 0.985. The number of hydrogen-bond acceptors (Lipinski definition) is 2. The maximum Gasteiger partial charge on any atom is 0.135 e. The predicted molar refractivity (Wildman–Crippen MR) is 72.5 cm³/mol. The lowest BCUT2D eigenvalue weighted by atomic mass is 9.84. The van der Waals surface area contributed by atoms with Crippen LogP contribution in [0.2, 0.25) is 10.3 Å². The zero-order valence-electron chi connectivity index (χ0n) is 10.3. The number of nitrogens with zero attached hydrogens (tertiary/aromatic N) is 2. The number of hydrogen-bond donors (Lipinski definition) is 0. The van der Waals surface area contributed by atoms with Crippen LogP contribution < -0.4 is 0 Å². The predicted octanol–water partition coefficient (Wildman–Crippen LogP) is 4.01. The lowest BCUT2D eigenvalue weighted by Crippen LogP contribution is -2.39. The van der Waals surface area contributed by atoms with E-state index in [1.165, 1.54) is 12.8 Å². The van der Waals surface area contributed by atoms with E-state index in [1.54, 1.807) is 6.07 Å². The first-order valence-electron chi connectivity index (χ1n) is 6.00. The van der Waals surface area contributed by atoms with Gasteiger partial charge >= 0.3 is 0 Å². The van der Waals surface area contributed by atoms with Crippen molar-refractivity contribution in [2.45, 2.75) is 33.2 Å². The minimum Gasteiger partial charge on any atom is -0.298 e. The van der Waals surface area contributed by atoms with Gasteiger partial charge in [0.05, 0.1) is 0 Å². The third-order valence-electron chi connectivity index (χ3n) is 3.27. The summed E-state index contributed by atoms with van der Waals surface area (Å²) in [6.07, 6.45) is 2.56. The Bertz CT molecular complexity index is 404. The third-order valence-corrected chi connectivity index (χ3v) is 3.80. The summed E-state index contributed by atoms with van der Waals surface area (Å²) in [6.45, 7) is 7.77. The van der Waals surface area contributed by atoms with Crippen LogP contribution in [0.15, 0.2) is 12.1 Å². The van der Waals surface area contributed by atoms with Gasteiger partial charge in [0.25, 0.3) is 0 Å². The van der Waals surface area contributed by atoms with Crippen molar-refractivity contribution in [3.05, 3.63) is 28.0 Å². The average molecular weight is 273 g/mol. The molecule has 1 aliphatic rings. The van der Waals surface area contributed by atoms with E-state index in [9.17, 15) is 0 Å². The molecule has 0 radical (unpaired) electrons. The third kappa shape index (κ3) is 3.57. The number of halogens is 2. The topological polar surface area (TPSA) is 16.1 Å². The normalized spacial score (nSPS) is 20.5. The standard InChI is InChI=1S/C13H18Cl2N2/c1-13(2)6-3-7-17(9-13)8-10-4-5-11(14)16-12(10)15/h4-5H,3,6-9H2,1-2H3. The van der Waals surface area contributed by atoms with Crippen molar-refractivity contribution in [3.8, 4) is 0 Å². The van der Waals surface area contributed by atoms with Gasteiger partial charge in [0.2, 0.25) is 0 Å². The summed E-state index contributed by atoms with van der Waals surface area (Å²) in [4.78, 5) is 6.52. The molecule has 0 atom stereocenters. The van der Waals surface area contributed by atoms with E-state index in [4.69, 9.17) is 23.2 Å². The van der Waals surface area contributed by atoms with E-state index < -0.39 is 0 Å². The number of rotatable bonds is 2. The lowest BCUT2D eigenvalue weighted by Gasteiger charge is -2.38. The first-order valence-corrected chi connectivity index (χ1v) is 6.75. The fourth-order valence-corrected chi connectivity index (χ4v) is 2.88. The van der Waals surface area contributed by atoms with E-state index in [2.05, 4.69) is 23.7 Å². The molecular weight excluding hydrogens is 255 g/mol. The molecule has 4 heteroatoms. The molecule has 0 aromatic carbocycles. The Morgan fingerprint density at radius 2 is 2.12 bits per heavy atom. The Kier molecular flexibility index (Phi) is 3.96. The molecule has 0 spiro atoms. The van der Waals surface area contributed by atoms with Crippen molar-refractivity contribution in [3.63, 3.8) is 0 Å². The molecule has 0 bridgehead atoms. The van der Waals surface area contributed by atoms with Gasteiger partial charge in [-0.3, -0.25) is 4.90 Å². The van der Waals surface area contributed by atoms with Crippen molar-refractivity contribution < 1.29 is 0 Å². The second-order valence-corrected chi connectivity index (χ2v) is 6.31. The van der Waals surface area contributed by atoms with Crippen LogP contribution in [0.3, 0.4) is 0 Å². The maximum atomic E-state index is 6.10. The molecule has 94 valence electrons. The molecule has 0 N–H and O–H groups in total. The molecule has 1 aliphatic heterocycles. The highest BCUT2D eigenvalue weighted by Gasteiger charge is 2.26. The Morgan fingerprint density at radius 1 is 1.35 bits per heavy atom. The van der Waals surface area contributed by atoms with Crippen molar-refractivity contribution >= 4 is 23.2 Å². The highest BCUT2D eigenvalue weighted by Crippen LogP contribution is 2.30. The van der Waals surface area contributed by atoms with Gasteiger partial charge in [0, 0.05) is 18.7 Å².